The maximum Gasteiger partial charge on any atom is 0.346 e. The predicted octanol–water partition coefficient (Wildman–Crippen LogP) is 1.06. The van der Waals surface area contributed by atoms with E-state index in [1.165, 1.54) is 26.9 Å². The van der Waals surface area contributed by atoms with Crippen molar-refractivity contribution in [2.24, 2.45) is 11.5 Å². The molecule has 0 atom stereocenters. The summed E-state index contributed by atoms with van der Waals surface area (Å²) in [5, 5.41) is 4.01. The number of carbonyl (C=O) groups excluding carboxylic acids is 1. The molecule has 28 heavy (non-hydrogen) atoms. The third kappa shape index (κ3) is 4.59. The molecule has 0 spiro atoms. The molecule has 0 fully saturated rings. The predicted molar refractivity (Wildman–Crippen MR) is 104 cm³/mol. The van der Waals surface area contributed by atoms with E-state index in [-0.39, 0.29) is 30.8 Å². The highest BCUT2D eigenvalue weighted by molar-refractivity contribution is 7.15. The summed E-state index contributed by atoms with van der Waals surface area (Å²) < 4.78 is 15.3. The van der Waals surface area contributed by atoms with E-state index in [2.05, 4.69) is 10.1 Å². The number of nitrogens with two attached hydrogens (primary N) is 2. The summed E-state index contributed by atoms with van der Waals surface area (Å²) in [5.41, 5.74) is 12.1. The molecule has 0 aliphatic heterocycles. The average Bonchev–Trinajstić information content (AvgIpc) is 3.28. The van der Waals surface area contributed by atoms with Crippen molar-refractivity contribution < 1.29 is 9.18 Å². The Morgan fingerprint density at radius 1 is 1.32 bits per heavy atom. The summed E-state index contributed by atoms with van der Waals surface area (Å²) in [7, 11) is 0. The Hall–Kier alpha value is -3.11. The molecule has 3 heterocycles. The first kappa shape index (κ1) is 19.6. The summed E-state index contributed by atoms with van der Waals surface area (Å²) >= 11 is 1.52. The molecule has 0 aliphatic rings. The zero-order chi connectivity index (χ0) is 20.1. The highest BCUT2D eigenvalue weighted by atomic mass is 32.1. The second-order valence-corrected chi connectivity index (χ2v) is 7.28. The first-order chi connectivity index (χ1) is 13.5. The lowest BCUT2D eigenvalue weighted by atomic mass is 10.1. The van der Waals surface area contributed by atoms with Crippen molar-refractivity contribution in [3.05, 3.63) is 69.7 Å². The van der Waals surface area contributed by atoms with Gasteiger partial charge in [-0.05, 0) is 35.4 Å². The normalized spacial score (nSPS) is 11.7. The minimum atomic E-state index is -0.437. The third-order valence-corrected chi connectivity index (χ3v) is 5.13. The van der Waals surface area contributed by atoms with E-state index in [1.54, 1.807) is 6.20 Å². The van der Waals surface area contributed by atoms with E-state index in [9.17, 15) is 14.0 Å². The fourth-order valence-electron chi connectivity index (χ4n) is 2.62. The number of thiophene rings is 1. The topological polar surface area (TPSA) is 122 Å². The van der Waals surface area contributed by atoms with Crippen LogP contribution in [-0.4, -0.2) is 31.8 Å². The summed E-state index contributed by atoms with van der Waals surface area (Å²) in [6, 6.07) is 7.53. The monoisotopic (exact) mass is 402 g/mol. The third-order valence-electron chi connectivity index (χ3n) is 4.01. The summed E-state index contributed by atoms with van der Waals surface area (Å²) in [6.45, 7) is 0.391. The van der Waals surface area contributed by atoms with Crippen LogP contribution in [0.4, 0.5) is 4.39 Å². The van der Waals surface area contributed by atoms with E-state index in [1.807, 2.05) is 24.3 Å². The van der Waals surface area contributed by atoms with Gasteiger partial charge >= 0.3 is 5.69 Å². The molecule has 3 aromatic rings. The number of primary amides is 1. The van der Waals surface area contributed by atoms with Crippen LogP contribution in [0.15, 0.2) is 53.5 Å². The number of aromatic nitrogens is 4. The van der Waals surface area contributed by atoms with Crippen LogP contribution in [0.3, 0.4) is 0 Å². The van der Waals surface area contributed by atoms with Crippen molar-refractivity contribution in [3.63, 3.8) is 0 Å². The Kier molecular flexibility index (Phi) is 6.12. The van der Waals surface area contributed by atoms with Gasteiger partial charge in [0.05, 0.1) is 31.5 Å². The number of hydrogen-bond acceptors (Lipinski definition) is 6. The van der Waals surface area contributed by atoms with Crippen LogP contribution in [0, 0.1) is 0 Å². The molecule has 8 nitrogen and oxygen atoms in total. The van der Waals surface area contributed by atoms with Crippen LogP contribution in [0.2, 0.25) is 0 Å². The Balaban J connectivity index is 1.76. The number of nitrogens with zero attached hydrogens (tertiary/aromatic N) is 4. The van der Waals surface area contributed by atoms with E-state index < -0.39 is 5.91 Å². The molecule has 10 heteroatoms. The van der Waals surface area contributed by atoms with Gasteiger partial charge in [-0.25, -0.2) is 13.9 Å². The first-order valence-corrected chi connectivity index (χ1v) is 9.24. The van der Waals surface area contributed by atoms with Crippen LogP contribution in [0.1, 0.15) is 10.6 Å². The molecule has 0 aromatic carbocycles. The molecule has 0 saturated carbocycles. The molecule has 3 rings (SSSR count). The second-order valence-electron chi connectivity index (χ2n) is 6.12. The van der Waals surface area contributed by atoms with Gasteiger partial charge < -0.3 is 11.5 Å². The summed E-state index contributed by atoms with van der Waals surface area (Å²) in [5.74, 6) is -0.437. The van der Waals surface area contributed by atoms with Crippen LogP contribution in [-0.2, 0) is 24.3 Å². The maximum absolute atomic E-state index is 12.7. The quantitative estimate of drug-likeness (QED) is 0.583. The lowest BCUT2D eigenvalue weighted by Crippen LogP contribution is -2.26. The highest BCUT2D eigenvalue weighted by Gasteiger charge is 2.10. The van der Waals surface area contributed by atoms with Gasteiger partial charge in [-0.2, -0.15) is 5.10 Å². The van der Waals surface area contributed by atoms with Crippen molar-refractivity contribution in [2.75, 3.05) is 6.54 Å². The van der Waals surface area contributed by atoms with Gasteiger partial charge in [0, 0.05) is 22.5 Å². The summed E-state index contributed by atoms with van der Waals surface area (Å²) in [4.78, 5) is 29.5. The van der Waals surface area contributed by atoms with Crippen LogP contribution >= 0.6 is 11.3 Å². The minimum Gasteiger partial charge on any atom is -0.369 e. The lowest BCUT2D eigenvalue weighted by molar-refractivity contribution is -0.117. The molecule has 1 amide bonds. The SMILES string of the molecule is NC/C(=C/F)Cn1ncn(Cc2ccc(-c3ccnc(CC(N)=O)c3)s2)c1=O. The van der Waals surface area contributed by atoms with Crippen molar-refractivity contribution in [3.8, 4) is 10.4 Å². The van der Waals surface area contributed by atoms with Crippen LogP contribution in [0.25, 0.3) is 10.4 Å². The fraction of sp³-hybridized carbons (Fsp3) is 0.222. The van der Waals surface area contributed by atoms with Crippen molar-refractivity contribution >= 4 is 17.2 Å². The Labute approximate surface area is 163 Å². The Bertz CT molecular complexity index is 1070. The Morgan fingerprint density at radius 3 is 2.86 bits per heavy atom. The van der Waals surface area contributed by atoms with E-state index in [0.29, 0.717) is 18.6 Å². The lowest BCUT2D eigenvalue weighted by Gasteiger charge is -2.02. The molecule has 0 saturated heterocycles. The van der Waals surface area contributed by atoms with E-state index >= 15 is 0 Å². The maximum atomic E-state index is 12.7. The van der Waals surface area contributed by atoms with Gasteiger partial charge in [0.2, 0.25) is 5.91 Å². The minimum absolute atomic E-state index is 0.0216. The van der Waals surface area contributed by atoms with Gasteiger partial charge in [-0.15, -0.1) is 11.3 Å². The number of hydrogen-bond donors (Lipinski definition) is 2. The van der Waals surface area contributed by atoms with Gasteiger partial charge in [0.1, 0.15) is 6.33 Å². The van der Waals surface area contributed by atoms with Crippen molar-refractivity contribution in [1.29, 1.82) is 0 Å². The van der Waals surface area contributed by atoms with Crippen molar-refractivity contribution in [1.82, 2.24) is 19.3 Å². The second kappa shape index (κ2) is 8.72. The fourth-order valence-corrected chi connectivity index (χ4v) is 3.62. The molecule has 0 radical (unpaired) electrons. The molecule has 0 bridgehead atoms. The largest absolute Gasteiger partial charge is 0.369 e. The molecular formula is C18H19FN6O2S. The standard InChI is InChI=1S/C18H19FN6O2S/c19-7-12(8-20)9-25-18(27)24(11-23-25)10-15-1-2-16(28-15)13-3-4-22-14(5-13)6-17(21)26/h1-5,7,11H,6,8-10,20H2,(H2,21,26)/b12-7-. The number of halogens is 1. The molecule has 0 unspecified atom stereocenters. The Morgan fingerprint density at radius 2 is 2.14 bits per heavy atom. The number of pyridine rings is 1. The average molecular weight is 402 g/mol. The number of rotatable bonds is 8. The molecule has 4 N–H and O–H groups in total. The molecule has 146 valence electrons. The van der Waals surface area contributed by atoms with Gasteiger partial charge in [-0.3, -0.25) is 14.3 Å². The summed E-state index contributed by atoms with van der Waals surface area (Å²) in [6.07, 6.45) is 3.54. The number of amides is 1. The van der Waals surface area contributed by atoms with Gasteiger partial charge in [-0.1, -0.05) is 0 Å². The molecule has 0 aliphatic carbocycles. The first-order valence-electron chi connectivity index (χ1n) is 8.43. The van der Waals surface area contributed by atoms with Gasteiger partial charge in [0.15, 0.2) is 0 Å². The number of carbonyl (C=O) groups is 1. The van der Waals surface area contributed by atoms with E-state index in [4.69, 9.17) is 11.5 Å². The van der Waals surface area contributed by atoms with Crippen molar-refractivity contribution in [2.45, 2.75) is 19.5 Å². The van der Waals surface area contributed by atoms with E-state index in [0.717, 1.165) is 15.3 Å². The van der Waals surface area contributed by atoms with Gasteiger partial charge in [0.25, 0.3) is 0 Å². The molecule has 3 aromatic heterocycles. The zero-order valence-electron chi connectivity index (χ0n) is 14.9. The zero-order valence-corrected chi connectivity index (χ0v) is 15.7. The highest BCUT2D eigenvalue weighted by Crippen LogP contribution is 2.28. The van der Waals surface area contributed by atoms with Crippen LogP contribution < -0.4 is 17.2 Å². The van der Waals surface area contributed by atoms with Crippen LogP contribution in [0.5, 0.6) is 0 Å². The smallest absolute Gasteiger partial charge is 0.346 e. The molecular weight excluding hydrogens is 383 g/mol.